The van der Waals surface area contributed by atoms with Gasteiger partial charge in [0.15, 0.2) is 0 Å². The fourth-order valence-electron chi connectivity index (χ4n) is 10.00. The number of allylic oxidation sites excluding steroid dienone is 1. The summed E-state index contributed by atoms with van der Waals surface area (Å²) in [7, 11) is 1.84. The van der Waals surface area contributed by atoms with Gasteiger partial charge in [0, 0.05) is 23.9 Å². The van der Waals surface area contributed by atoms with Gasteiger partial charge in [-0.1, -0.05) is 64.8 Å². The molecule has 0 unspecified atom stereocenters. The Bertz CT molecular complexity index is 871. The quantitative estimate of drug-likeness (QED) is 0.421. The Morgan fingerprint density at radius 2 is 1.74 bits per heavy atom. The van der Waals surface area contributed by atoms with E-state index >= 15 is 0 Å². The molecule has 0 aromatic rings. The van der Waals surface area contributed by atoms with Crippen molar-refractivity contribution in [3.8, 4) is 0 Å². The highest BCUT2D eigenvalue weighted by atomic mass is 16.5. The monoisotopic (exact) mass is 488 g/mol. The van der Waals surface area contributed by atoms with Gasteiger partial charge in [0.2, 0.25) is 0 Å². The van der Waals surface area contributed by atoms with E-state index < -0.39 is 12.2 Å². The highest BCUT2D eigenvalue weighted by Crippen LogP contribution is 2.75. The van der Waals surface area contributed by atoms with Crippen LogP contribution in [0.1, 0.15) is 93.9 Å². The SMILES string of the molecule is CO[C@H]1C=C2[C@@H](CC[C@H](O)C2(C)C)[C@]2(C)C[C@@H](O)[C@]3(C)[C@@H]([C@H](C)C[C@@H](O)C=C(C)C)CC[C@@]3(C)[C@H]12. The minimum atomic E-state index is -0.431. The van der Waals surface area contributed by atoms with Gasteiger partial charge in [0.05, 0.1) is 24.4 Å². The van der Waals surface area contributed by atoms with Crippen molar-refractivity contribution in [2.75, 3.05) is 7.11 Å². The number of rotatable bonds is 5. The van der Waals surface area contributed by atoms with Gasteiger partial charge in [-0.2, -0.15) is 0 Å². The predicted octanol–water partition coefficient (Wildman–Crippen LogP) is 5.90. The topological polar surface area (TPSA) is 69.9 Å². The second kappa shape index (κ2) is 8.96. The molecule has 0 aromatic carbocycles. The van der Waals surface area contributed by atoms with Crippen molar-refractivity contribution in [2.24, 2.45) is 45.3 Å². The lowest BCUT2D eigenvalue weighted by Crippen LogP contribution is -2.67. The molecule has 200 valence electrons. The zero-order valence-electron chi connectivity index (χ0n) is 23.8. The molecule has 0 aliphatic heterocycles. The first-order valence-electron chi connectivity index (χ1n) is 14.1. The number of aliphatic hydroxyl groups excluding tert-OH is 3. The number of methoxy groups -OCH3 is 1. The first-order chi connectivity index (χ1) is 16.1. The maximum atomic E-state index is 12.1. The van der Waals surface area contributed by atoms with E-state index in [2.05, 4.69) is 47.6 Å². The minimum Gasteiger partial charge on any atom is -0.393 e. The molecule has 0 aromatic heterocycles. The maximum Gasteiger partial charge on any atom is 0.0793 e. The van der Waals surface area contributed by atoms with Crippen LogP contribution in [0.2, 0.25) is 0 Å². The molecule has 4 rings (SSSR count). The van der Waals surface area contributed by atoms with Gasteiger partial charge in [0.25, 0.3) is 0 Å². The standard InChI is InChI=1S/C31H52O4/c1-18(2)14-20(32)15-19(3)21-12-13-30(7)27-24(35-9)16-23-22(10-11-25(33)28(23,4)5)29(27,6)17-26(34)31(21,30)8/h14,16,19-22,24-27,32-34H,10-13,15,17H2,1-9H3/t19-,20+,21-,22-,24+,25+,26-,27-,29+,30+,31+/m1/s1. The molecule has 4 aliphatic rings. The number of hydrogen-bond donors (Lipinski definition) is 3. The number of aliphatic hydroxyl groups is 3. The van der Waals surface area contributed by atoms with Crippen molar-refractivity contribution in [2.45, 2.75) is 118 Å². The zero-order valence-corrected chi connectivity index (χ0v) is 23.8. The summed E-state index contributed by atoms with van der Waals surface area (Å²) >= 11 is 0. The lowest BCUT2D eigenvalue weighted by atomic mass is 9.37. The van der Waals surface area contributed by atoms with Crippen LogP contribution in [0.3, 0.4) is 0 Å². The first kappa shape index (κ1) is 27.4. The molecule has 0 heterocycles. The van der Waals surface area contributed by atoms with Crippen LogP contribution in [0.4, 0.5) is 0 Å². The Morgan fingerprint density at radius 3 is 2.34 bits per heavy atom. The van der Waals surface area contributed by atoms with Crippen LogP contribution in [-0.2, 0) is 4.74 Å². The van der Waals surface area contributed by atoms with Crippen LogP contribution in [-0.4, -0.2) is 46.8 Å². The van der Waals surface area contributed by atoms with Gasteiger partial charge in [-0.25, -0.2) is 0 Å². The molecule has 3 fully saturated rings. The third-order valence-electron chi connectivity index (χ3n) is 11.9. The minimum absolute atomic E-state index is 0.0158. The Kier molecular flexibility index (Phi) is 7.00. The van der Waals surface area contributed by atoms with E-state index in [4.69, 9.17) is 4.74 Å². The second-order valence-corrected chi connectivity index (χ2v) is 14.3. The number of ether oxygens (including phenoxy) is 1. The molecule has 0 bridgehead atoms. The Hall–Kier alpha value is -0.680. The van der Waals surface area contributed by atoms with Crippen molar-refractivity contribution in [1.82, 2.24) is 0 Å². The average molecular weight is 489 g/mol. The van der Waals surface area contributed by atoms with E-state index in [0.29, 0.717) is 23.7 Å². The highest BCUT2D eigenvalue weighted by Gasteiger charge is 2.72. The summed E-state index contributed by atoms with van der Waals surface area (Å²) in [6.07, 6.45) is 8.65. The Labute approximate surface area is 214 Å². The maximum absolute atomic E-state index is 12.1. The smallest absolute Gasteiger partial charge is 0.0793 e. The summed E-state index contributed by atoms with van der Waals surface area (Å²) in [4.78, 5) is 0. The molecule has 3 N–H and O–H groups in total. The third kappa shape index (κ3) is 3.83. The summed E-state index contributed by atoms with van der Waals surface area (Å²) in [5, 5.41) is 33.6. The Morgan fingerprint density at radius 1 is 1.09 bits per heavy atom. The van der Waals surface area contributed by atoms with E-state index in [0.717, 1.165) is 44.1 Å². The molecule has 4 heteroatoms. The van der Waals surface area contributed by atoms with Crippen molar-refractivity contribution >= 4 is 0 Å². The van der Waals surface area contributed by atoms with Gasteiger partial charge in [-0.3, -0.25) is 0 Å². The fraction of sp³-hybridized carbons (Fsp3) is 0.871. The van der Waals surface area contributed by atoms with E-state index in [-0.39, 0.29) is 33.9 Å². The van der Waals surface area contributed by atoms with Gasteiger partial charge >= 0.3 is 0 Å². The van der Waals surface area contributed by atoms with Gasteiger partial charge in [0.1, 0.15) is 0 Å². The van der Waals surface area contributed by atoms with Gasteiger partial charge < -0.3 is 20.1 Å². The molecular weight excluding hydrogens is 436 g/mol. The van der Waals surface area contributed by atoms with E-state index in [1.807, 2.05) is 27.0 Å². The van der Waals surface area contributed by atoms with Crippen molar-refractivity contribution in [1.29, 1.82) is 0 Å². The van der Waals surface area contributed by atoms with Crippen molar-refractivity contribution in [3.63, 3.8) is 0 Å². The van der Waals surface area contributed by atoms with Crippen molar-refractivity contribution in [3.05, 3.63) is 23.3 Å². The molecule has 0 spiro atoms. The van der Waals surface area contributed by atoms with Gasteiger partial charge in [-0.05, 0) is 81.0 Å². The summed E-state index contributed by atoms with van der Waals surface area (Å²) in [5.41, 5.74) is 1.85. The predicted molar refractivity (Wildman–Crippen MR) is 142 cm³/mol. The molecule has 35 heavy (non-hydrogen) atoms. The van der Waals surface area contributed by atoms with Crippen LogP contribution >= 0.6 is 0 Å². The Balaban J connectivity index is 1.75. The summed E-state index contributed by atoms with van der Waals surface area (Å²) in [5.74, 6) is 1.36. The molecule has 4 aliphatic carbocycles. The fourth-order valence-corrected chi connectivity index (χ4v) is 10.00. The average Bonchev–Trinajstić information content (AvgIpc) is 3.02. The van der Waals surface area contributed by atoms with Crippen LogP contribution in [0.15, 0.2) is 23.3 Å². The molecule has 11 atom stereocenters. The second-order valence-electron chi connectivity index (χ2n) is 14.3. The van der Waals surface area contributed by atoms with Crippen LogP contribution < -0.4 is 0 Å². The van der Waals surface area contributed by atoms with E-state index in [9.17, 15) is 15.3 Å². The van der Waals surface area contributed by atoms with Gasteiger partial charge in [-0.15, -0.1) is 0 Å². The van der Waals surface area contributed by atoms with Crippen molar-refractivity contribution < 1.29 is 20.1 Å². The molecular formula is C31H52O4. The lowest BCUT2D eigenvalue weighted by molar-refractivity contribution is -0.228. The summed E-state index contributed by atoms with van der Waals surface area (Å²) in [6, 6.07) is 0. The zero-order chi connectivity index (χ0) is 26.1. The molecule has 0 radical (unpaired) electrons. The third-order valence-corrected chi connectivity index (χ3v) is 11.9. The van der Waals surface area contributed by atoms with Crippen LogP contribution in [0.5, 0.6) is 0 Å². The number of fused-ring (bicyclic) bond motifs is 5. The number of hydrogen-bond acceptors (Lipinski definition) is 4. The van der Waals surface area contributed by atoms with E-state index in [1.165, 1.54) is 5.57 Å². The lowest BCUT2D eigenvalue weighted by Gasteiger charge is -2.68. The van der Waals surface area contributed by atoms with Crippen LogP contribution in [0, 0.1) is 45.3 Å². The first-order valence-corrected chi connectivity index (χ1v) is 14.1. The normalized spacial score (nSPS) is 48.2. The summed E-state index contributed by atoms with van der Waals surface area (Å²) in [6.45, 7) is 17.9. The molecule has 0 amide bonds. The molecule has 0 saturated heterocycles. The largest absolute Gasteiger partial charge is 0.393 e. The summed E-state index contributed by atoms with van der Waals surface area (Å²) < 4.78 is 6.27. The molecule has 3 saturated carbocycles. The van der Waals surface area contributed by atoms with Crippen LogP contribution in [0.25, 0.3) is 0 Å². The highest BCUT2D eigenvalue weighted by molar-refractivity contribution is 5.33. The molecule has 4 nitrogen and oxygen atoms in total. The van der Waals surface area contributed by atoms with E-state index in [1.54, 1.807) is 0 Å².